The van der Waals surface area contributed by atoms with Gasteiger partial charge in [0.15, 0.2) is 0 Å². The Morgan fingerprint density at radius 1 is 1.03 bits per heavy atom. The molecule has 2 aliphatic rings. The smallest absolute Gasteiger partial charge is 0.0872 e. The molecule has 0 aromatic heterocycles. The van der Waals surface area contributed by atoms with E-state index in [4.69, 9.17) is 23.2 Å². The lowest BCUT2D eigenvalue weighted by Crippen LogP contribution is -2.59. The van der Waals surface area contributed by atoms with E-state index in [0.717, 1.165) is 48.3 Å². The third-order valence-electron chi connectivity index (χ3n) is 5.69. The number of rotatable bonds is 4. The molecule has 2 heterocycles. The summed E-state index contributed by atoms with van der Waals surface area (Å²) in [5, 5.41) is 11.4. The number of hydrogen-bond acceptors (Lipinski definition) is 3. The molecule has 4 rings (SSSR count). The van der Waals surface area contributed by atoms with E-state index in [2.05, 4.69) is 35.8 Å². The molecule has 158 valence electrons. The molecule has 2 aromatic rings. The molecule has 0 amide bonds. The molecule has 0 aliphatic carbocycles. The van der Waals surface area contributed by atoms with Crippen LogP contribution in [0.15, 0.2) is 30.3 Å². The Balaban J connectivity index is 0.00000117. The molecule has 29 heavy (non-hydrogen) atoms. The fourth-order valence-corrected chi connectivity index (χ4v) is 5.37. The number of nitrogens with zero attached hydrogens (tertiary/aromatic N) is 2. The van der Waals surface area contributed by atoms with E-state index < -0.39 is 5.60 Å². The number of halogens is 2. The summed E-state index contributed by atoms with van der Waals surface area (Å²) in [6.07, 6.45) is 0. The van der Waals surface area contributed by atoms with Crippen molar-refractivity contribution in [3.8, 4) is 0 Å². The van der Waals surface area contributed by atoms with Gasteiger partial charge in [0.1, 0.15) is 0 Å². The first kappa shape index (κ1) is 22.4. The van der Waals surface area contributed by atoms with E-state index in [0.29, 0.717) is 5.92 Å². The Kier molecular flexibility index (Phi) is 6.84. The number of likely N-dealkylation sites (tertiary alicyclic amines) is 1. The molecule has 2 aromatic carbocycles. The summed E-state index contributed by atoms with van der Waals surface area (Å²) in [6.45, 7) is 14.6. The average Bonchev–Trinajstić information content (AvgIpc) is 2.58. The quantitative estimate of drug-likeness (QED) is 0.657. The van der Waals surface area contributed by atoms with Gasteiger partial charge >= 0.3 is 0 Å². The van der Waals surface area contributed by atoms with Gasteiger partial charge in [-0.3, -0.25) is 4.90 Å². The fraction of sp³-hybridized carbons (Fsp3) is 0.500. The maximum atomic E-state index is 9.92. The molecular weight excluding hydrogens is 403 g/mol. The van der Waals surface area contributed by atoms with Gasteiger partial charge in [-0.1, -0.05) is 55.2 Å². The van der Waals surface area contributed by atoms with E-state index in [1.54, 1.807) is 0 Å². The van der Waals surface area contributed by atoms with E-state index in [1.165, 1.54) is 22.4 Å². The molecule has 0 spiro atoms. The van der Waals surface area contributed by atoms with Crippen molar-refractivity contribution in [1.29, 1.82) is 0 Å². The molecule has 0 atom stereocenters. The summed E-state index contributed by atoms with van der Waals surface area (Å²) in [6, 6.07) is 10.3. The number of anilines is 1. The van der Waals surface area contributed by atoms with Crippen molar-refractivity contribution < 1.29 is 5.11 Å². The van der Waals surface area contributed by atoms with Crippen molar-refractivity contribution in [2.24, 2.45) is 0 Å². The fourth-order valence-electron chi connectivity index (χ4n) is 4.67. The van der Waals surface area contributed by atoms with Crippen LogP contribution < -0.4 is 4.90 Å². The molecule has 5 heteroatoms. The van der Waals surface area contributed by atoms with Gasteiger partial charge in [-0.15, -0.1) is 0 Å². The third-order valence-corrected chi connectivity index (χ3v) is 6.35. The standard InChI is InChI=1S/C22H26Cl2N2O.C2H6/c1-14-7-16(9-25-12-22(3,27)13-25)8-15(2)21(14)26-10-17(11-26)20-18(23)5-4-6-19(20)24;1-2/h4-8,17,27H,9-13H2,1-3H3;1-2H3. The van der Waals surface area contributed by atoms with Gasteiger partial charge in [0.25, 0.3) is 0 Å². The van der Waals surface area contributed by atoms with Crippen LogP contribution in [0.4, 0.5) is 5.69 Å². The van der Waals surface area contributed by atoms with Gasteiger partial charge in [0.2, 0.25) is 0 Å². The van der Waals surface area contributed by atoms with Gasteiger partial charge in [0.05, 0.1) is 5.60 Å². The lowest BCUT2D eigenvalue weighted by Gasteiger charge is -2.45. The lowest BCUT2D eigenvalue weighted by atomic mass is 9.89. The van der Waals surface area contributed by atoms with Crippen LogP contribution in [0.25, 0.3) is 0 Å². The summed E-state index contributed by atoms with van der Waals surface area (Å²) in [5.41, 5.74) is 5.82. The number of aryl methyl sites for hydroxylation is 2. The first-order valence-corrected chi connectivity index (χ1v) is 11.2. The second-order valence-corrected chi connectivity index (χ2v) is 9.27. The topological polar surface area (TPSA) is 26.7 Å². The van der Waals surface area contributed by atoms with Crippen molar-refractivity contribution in [2.45, 2.75) is 52.7 Å². The molecule has 0 saturated carbocycles. The highest BCUT2D eigenvalue weighted by atomic mass is 35.5. The molecule has 3 nitrogen and oxygen atoms in total. The molecule has 0 radical (unpaired) electrons. The van der Waals surface area contributed by atoms with E-state index in [9.17, 15) is 5.11 Å². The largest absolute Gasteiger partial charge is 0.388 e. The van der Waals surface area contributed by atoms with Crippen molar-refractivity contribution in [2.75, 3.05) is 31.1 Å². The van der Waals surface area contributed by atoms with E-state index in [1.807, 2.05) is 39.0 Å². The zero-order chi connectivity index (χ0) is 21.3. The summed E-state index contributed by atoms with van der Waals surface area (Å²) in [7, 11) is 0. The average molecular weight is 435 g/mol. The zero-order valence-corrected chi connectivity index (χ0v) is 19.6. The van der Waals surface area contributed by atoms with Crippen LogP contribution in [0.2, 0.25) is 10.0 Å². The Morgan fingerprint density at radius 3 is 2.03 bits per heavy atom. The Hall–Kier alpha value is -1.26. The first-order chi connectivity index (χ1) is 13.7. The number of aliphatic hydroxyl groups is 1. The van der Waals surface area contributed by atoms with Crippen molar-refractivity contribution in [3.63, 3.8) is 0 Å². The van der Waals surface area contributed by atoms with Crippen LogP contribution in [0.1, 0.15) is 48.9 Å². The lowest BCUT2D eigenvalue weighted by molar-refractivity contribution is -0.0871. The Labute approximate surface area is 185 Å². The summed E-state index contributed by atoms with van der Waals surface area (Å²) >= 11 is 12.8. The van der Waals surface area contributed by atoms with Crippen molar-refractivity contribution >= 4 is 28.9 Å². The van der Waals surface area contributed by atoms with Crippen LogP contribution in [0.5, 0.6) is 0 Å². The SMILES string of the molecule is CC.Cc1cc(CN2CC(C)(O)C2)cc(C)c1N1CC(c2c(Cl)cccc2Cl)C1. The normalized spacial score (nSPS) is 18.6. The van der Waals surface area contributed by atoms with Crippen LogP contribution in [0.3, 0.4) is 0 Å². The van der Waals surface area contributed by atoms with Crippen LogP contribution in [-0.4, -0.2) is 41.8 Å². The van der Waals surface area contributed by atoms with Crippen molar-refractivity contribution in [1.82, 2.24) is 4.90 Å². The molecule has 2 aliphatic heterocycles. The van der Waals surface area contributed by atoms with Gasteiger partial charge in [-0.2, -0.15) is 0 Å². The van der Waals surface area contributed by atoms with Gasteiger partial charge in [-0.25, -0.2) is 0 Å². The predicted octanol–water partition coefficient (Wildman–Crippen LogP) is 5.81. The van der Waals surface area contributed by atoms with E-state index in [-0.39, 0.29) is 0 Å². The molecule has 2 fully saturated rings. The highest BCUT2D eigenvalue weighted by Crippen LogP contribution is 2.41. The van der Waals surface area contributed by atoms with Crippen LogP contribution >= 0.6 is 23.2 Å². The predicted molar refractivity (Wildman–Crippen MR) is 125 cm³/mol. The monoisotopic (exact) mass is 434 g/mol. The van der Waals surface area contributed by atoms with E-state index >= 15 is 0 Å². The van der Waals surface area contributed by atoms with Gasteiger partial charge < -0.3 is 10.0 Å². The summed E-state index contributed by atoms with van der Waals surface area (Å²) < 4.78 is 0. The maximum Gasteiger partial charge on any atom is 0.0872 e. The molecular formula is C24H32Cl2N2O. The van der Waals surface area contributed by atoms with Gasteiger partial charge in [-0.05, 0) is 55.2 Å². The third kappa shape index (κ3) is 4.74. The minimum atomic E-state index is -0.517. The maximum absolute atomic E-state index is 9.92. The van der Waals surface area contributed by atoms with Gasteiger partial charge in [0, 0.05) is 54.4 Å². The molecule has 0 bridgehead atoms. The molecule has 2 saturated heterocycles. The zero-order valence-electron chi connectivity index (χ0n) is 18.1. The Morgan fingerprint density at radius 2 is 1.55 bits per heavy atom. The van der Waals surface area contributed by atoms with Crippen LogP contribution in [-0.2, 0) is 6.54 Å². The summed E-state index contributed by atoms with van der Waals surface area (Å²) in [4.78, 5) is 4.71. The van der Waals surface area contributed by atoms with Crippen molar-refractivity contribution in [3.05, 3.63) is 62.6 Å². The highest BCUT2D eigenvalue weighted by Gasteiger charge is 2.36. The summed E-state index contributed by atoms with van der Waals surface area (Å²) in [5.74, 6) is 0.382. The number of β-amino-alcohol motifs (C(OH)–C–C–N with tert-alkyl or cyclic N) is 1. The second-order valence-electron chi connectivity index (χ2n) is 8.46. The highest BCUT2D eigenvalue weighted by molar-refractivity contribution is 6.36. The minimum absolute atomic E-state index is 0.382. The number of hydrogen-bond donors (Lipinski definition) is 1. The van der Waals surface area contributed by atoms with Crippen LogP contribution in [0, 0.1) is 13.8 Å². The second kappa shape index (κ2) is 8.85. The molecule has 1 N–H and O–H groups in total. The first-order valence-electron chi connectivity index (χ1n) is 10.5. The minimum Gasteiger partial charge on any atom is -0.388 e. The Bertz CT molecular complexity index is 824. The molecule has 0 unspecified atom stereocenters. The number of benzene rings is 2.